The highest BCUT2D eigenvalue weighted by atomic mass is 32.2. The van der Waals surface area contributed by atoms with Crippen LogP contribution in [0, 0.1) is 17.6 Å². The molecule has 1 unspecified atom stereocenters. The molecule has 5 nitrogen and oxygen atoms in total. The zero-order valence-corrected chi connectivity index (χ0v) is 14.0. The Kier molecular flexibility index (Phi) is 4.87. The Balaban J connectivity index is 1.80. The fourth-order valence-electron chi connectivity index (χ4n) is 3.39. The molecule has 24 heavy (non-hydrogen) atoms. The van der Waals surface area contributed by atoms with Crippen molar-refractivity contribution in [3.8, 4) is 0 Å². The number of nitrogens with one attached hydrogen (secondary N) is 1. The summed E-state index contributed by atoms with van der Waals surface area (Å²) in [5.41, 5.74) is 0.278. The van der Waals surface area contributed by atoms with Crippen LogP contribution >= 0.6 is 0 Å². The van der Waals surface area contributed by atoms with Gasteiger partial charge in [-0.3, -0.25) is 4.79 Å². The molecule has 0 aromatic heterocycles. The number of hydrogen-bond acceptors (Lipinski definition) is 4. The molecule has 1 atom stereocenters. The van der Waals surface area contributed by atoms with E-state index in [9.17, 15) is 22.0 Å². The van der Waals surface area contributed by atoms with Gasteiger partial charge in [-0.15, -0.1) is 0 Å². The molecule has 1 amide bonds. The van der Waals surface area contributed by atoms with Gasteiger partial charge in [0.05, 0.1) is 17.5 Å². The van der Waals surface area contributed by atoms with Crippen LogP contribution in [-0.4, -0.2) is 50.4 Å². The van der Waals surface area contributed by atoms with Crippen LogP contribution in [-0.2, 0) is 14.6 Å². The second-order valence-electron chi connectivity index (χ2n) is 6.34. The van der Waals surface area contributed by atoms with Gasteiger partial charge in [0.25, 0.3) is 0 Å². The second kappa shape index (κ2) is 6.76. The molecule has 0 saturated carbocycles. The van der Waals surface area contributed by atoms with Gasteiger partial charge < -0.3 is 10.2 Å². The minimum absolute atomic E-state index is 0.0189. The zero-order chi connectivity index (χ0) is 17.3. The van der Waals surface area contributed by atoms with E-state index in [2.05, 4.69) is 5.32 Å². The summed E-state index contributed by atoms with van der Waals surface area (Å²) in [7, 11) is -3.04. The third-order valence-electron chi connectivity index (χ3n) is 4.75. The molecule has 2 aliphatic heterocycles. The van der Waals surface area contributed by atoms with E-state index in [4.69, 9.17) is 0 Å². The van der Waals surface area contributed by atoms with E-state index >= 15 is 0 Å². The molecule has 132 valence electrons. The van der Waals surface area contributed by atoms with Crippen LogP contribution in [0.1, 0.15) is 24.4 Å². The molecular formula is C16H20F2N2O3S. The van der Waals surface area contributed by atoms with Crippen molar-refractivity contribution in [2.75, 3.05) is 31.1 Å². The van der Waals surface area contributed by atoms with Crippen molar-refractivity contribution in [1.29, 1.82) is 0 Å². The van der Waals surface area contributed by atoms with Crippen LogP contribution in [0.15, 0.2) is 18.2 Å². The molecule has 2 saturated heterocycles. The maximum atomic E-state index is 14.1. The first kappa shape index (κ1) is 17.3. The maximum absolute atomic E-state index is 14.1. The minimum atomic E-state index is -3.04. The summed E-state index contributed by atoms with van der Waals surface area (Å²) in [6, 6.07) is 2.86. The van der Waals surface area contributed by atoms with Gasteiger partial charge in [-0.2, -0.15) is 0 Å². The molecule has 2 fully saturated rings. The van der Waals surface area contributed by atoms with Crippen molar-refractivity contribution < 1.29 is 22.0 Å². The van der Waals surface area contributed by atoms with Crippen molar-refractivity contribution >= 4 is 15.7 Å². The van der Waals surface area contributed by atoms with E-state index < -0.39 is 27.5 Å². The Morgan fingerprint density at radius 3 is 2.58 bits per heavy atom. The van der Waals surface area contributed by atoms with E-state index in [1.54, 1.807) is 4.90 Å². The van der Waals surface area contributed by atoms with E-state index in [1.165, 1.54) is 12.1 Å². The molecule has 2 heterocycles. The highest BCUT2D eigenvalue weighted by molar-refractivity contribution is 7.91. The van der Waals surface area contributed by atoms with E-state index in [0.717, 1.165) is 6.07 Å². The first-order chi connectivity index (χ1) is 11.4. The molecular weight excluding hydrogens is 338 g/mol. The summed E-state index contributed by atoms with van der Waals surface area (Å²) in [6.45, 7) is 1.40. The van der Waals surface area contributed by atoms with Crippen LogP contribution in [0.25, 0.3) is 0 Å². The van der Waals surface area contributed by atoms with Crippen molar-refractivity contribution in [3.05, 3.63) is 35.4 Å². The van der Waals surface area contributed by atoms with Crippen molar-refractivity contribution in [1.82, 2.24) is 10.2 Å². The average Bonchev–Trinajstić information content (AvgIpc) is 2.54. The number of nitrogens with zero attached hydrogens (tertiary/aromatic N) is 1. The Bertz CT molecular complexity index is 725. The lowest BCUT2D eigenvalue weighted by molar-refractivity contribution is -0.139. The molecule has 0 aliphatic carbocycles. The summed E-state index contributed by atoms with van der Waals surface area (Å²) in [5, 5.41) is 3.13. The summed E-state index contributed by atoms with van der Waals surface area (Å²) in [4.78, 5) is 14.4. The molecule has 1 aromatic rings. The molecule has 0 spiro atoms. The number of sulfone groups is 1. The van der Waals surface area contributed by atoms with E-state index in [0.29, 0.717) is 32.5 Å². The number of piperazine rings is 1. The summed E-state index contributed by atoms with van der Waals surface area (Å²) in [6.07, 6.45) is 0.618. The zero-order valence-electron chi connectivity index (χ0n) is 13.2. The monoisotopic (exact) mass is 358 g/mol. The smallest absolute Gasteiger partial charge is 0.226 e. The molecule has 3 rings (SSSR count). The first-order valence-corrected chi connectivity index (χ1v) is 9.86. The van der Waals surface area contributed by atoms with Crippen LogP contribution < -0.4 is 5.32 Å². The third-order valence-corrected chi connectivity index (χ3v) is 6.47. The number of amides is 1. The minimum Gasteiger partial charge on any atom is -0.333 e. The fraction of sp³-hybridized carbons (Fsp3) is 0.562. The second-order valence-corrected chi connectivity index (χ2v) is 8.65. The van der Waals surface area contributed by atoms with Gasteiger partial charge in [0, 0.05) is 37.2 Å². The van der Waals surface area contributed by atoms with Crippen molar-refractivity contribution in [3.63, 3.8) is 0 Å². The number of benzene rings is 1. The van der Waals surface area contributed by atoms with Crippen LogP contribution in [0.5, 0.6) is 0 Å². The molecule has 0 radical (unpaired) electrons. The summed E-state index contributed by atoms with van der Waals surface area (Å²) >= 11 is 0. The van der Waals surface area contributed by atoms with Gasteiger partial charge in [-0.05, 0) is 18.9 Å². The molecule has 0 bridgehead atoms. The Labute approximate surface area is 139 Å². The summed E-state index contributed by atoms with van der Waals surface area (Å²) in [5.74, 6) is -1.78. The molecule has 1 aromatic carbocycles. The predicted molar refractivity (Wildman–Crippen MR) is 85.1 cm³/mol. The van der Waals surface area contributed by atoms with Crippen molar-refractivity contribution in [2.24, 2.45) is 5.92 Å². The molecule has 2 aliphatic rings. The van der Waals surface area contributed by atoms with Crippen LogP contribution in [0.2, 0.25) is 0 Å². The first-order valence-electron chi connectivity index (χ1n) is 8.04. The summed E-state index contributed by atoms with van der Waals surface area (Å²) < 4.78 is 50.3. The standard InChI is InChI=1S/C16H20F2N2O3S/c17-12-1-2-13(14(18)9-12)15-10-19-5-6-20(15)16(21)11-3-7-24(22,23)8-4-11/h1-2,9,11,15,19H,3-8,10H2. The molecule has 1 N–H and O–H groups in total. The highest BCUT2D eigenvalue weighted by Crippen LogP contribution is 2.29. The lowest BCUT2D eigenvalue weighted by atomic mass is 9.96. The van der Waals surface area contributed by atoms with Gasteiger partial charge in [-0.25, -0.2) is 17.2 Å². The van der Waals surface area contributed by atoms with Gasteiger partial charge in [0.1, 0.15) is 21.5 Å². The quantitative estimate of drug-likeness (QED) is 0.864. The van der Waals surface area contributed by atoms with E-state index in [1.807, 2.05) is 0 Å². The Hall–Kier alpha value is -1.54. The topological polar surface area (TPSA) is 66.5 Å². The van der Waals surface area contributed by atoms with E-state index in [-0.39, 0.29) is 28.9 Å². The lowest BCUT2D eigenvalue weighted by Gasteiger charge is -2.39. The van der Waals surface area contributed by atoms with Gasteiger partial charge >= 0.3 is 0 Å². The fourth-order valence-corrected chi connectivity index (χ4v) is 4.88. The number of rotatable bonds is 2. The lowest BCUT2D eigenvalue weighted by Crippen LogP contribution is -2.51. The Morgan fingerprint density at radius 1 is 1.21 bits per heavy atom. The molecule has 8 heteroatoms. The normalized spacial score (nSPS) is 24.8. The SMILES string of the molecule is O=C(C1CCS(=O)(=O)CC1)N1CCNCC1c1ccc(F)cc1F. The number of carbonyl (C=O) groups excluding carboxylic acids is 1. The van der Waals surface area contributed by atoms with Crippen LogP contribution in [0.3, 0.4) is 0 Å². The average molecular weight is 358 g/mol. The third kappa shape index (κ3) is 3.59. The Morgan fingerprint density at radius 2 is 1.92 bits per heavy atom. The largest absolute Gasteiger partial charge is 0.333 e. The number of hydrogen-bond donors (Lipinski definition) is 1. The maximum Gasteiger partial charge on any atom is 0.226 e. The number of carbonyl (C=O) groups is 1. The highest BCUT2D eigenvalue weighted by Gasteiger charge is 2.36. The predicted octanol–water partition coefficient (Wildman–Crippen LogP) is 1.26. The number of halogens is 2. The van der Waals surface area contributed by atoms with Gasteiger partial charge in [-0.1, -0.05) is 6.07 Å². The van der Waals surface area contributed by atoms with Gasteiger partial charge in [0.15, 0.2) is 0 Å². The van der Waals surface area contributed by atoms with Crippen molar-refractivity contribution in [2.45, 2.75) is 18.9 Å². The van der Waals surface area contributed by atoms with Gasteiger partial charge in [0.2, 0.25) is 5.91 Å². The van der Waals surface area contributed by atoms with Crippen LogP contribution in [0.4, 0.5) is 8.78 Å².